The van der Waals surface area contributed by atoms with Crippen molar-refractivity contribution in [3.05, 3.63) is 34.9 Å². The molecule has 1 aromatic rings. The molecule has 4 heteroatoms. The third kappa shape index (κ3) is 4.69. The van der Waals surface area contributed by atoms with Crippen molar-refractivity contribution in [1.82, 2.24) is 9.80 Å². The Labute approximate surface area is 139 Å². The second-order valence-corrected chi connectivity index (χ2v) is 7.21. The minimum Gasteiger partial charge on any atom is -0.378 e. The first kappa shape index (κ1) is 16.3. The van der Waals surface area contributed by atoms with Crippen molar-refractivity contribution in [2.24, 2.45) is 5.92 Å². The van der Waals surface area contributed by atoms with Gasteiger partial charge in [0.2, 0.25) is 0 Å². The van der Waals surface area contributed by atoms with Crippen molar-refractivity contribution in [1.29, 1.82) is 0 Å². The van der Waals surface area contributed by atoms with Gasteiger partial charge in [-0.25, -0.2) is 0 Å². The van der Waals surface area contributed by atoms with Crippen LogP contribution in [0.1, 0.15) is 25.3 Å². The minimum absolute atomic E-state index is 0.449. The first-order chi connectivity index (χ1) is 10.7. The monoisotopic (exact) mass is 322 g/mol. The number of rotatable bonds is 4. The van der Waals surface area contributed by atoms with Crippen LogP contribution in [0.25, 0.3) is 0 Å². The van der Waals surface area contributed by atoms with Gasteiger partial charge in [0.15, 0.2) is 0 Å². The van der Waals surface area contributed by atoms with Crippen LogP contribution in [0, 0.1) is 5.92 Å². The highest BCUT2D eigenvalue weighted by Crippen LogP contribution is 2.21. The van der Waals surface area contributed by atoms with Crippen LogP contribution >= 0.6 is 11.6 Å². The van der Waals surface area contributed by atoms with Crippen molar-refractivity contribution in [3.63, 3.8) is 0 Å². The first-order valence-electron chi connectivity index (χ1n) is 8.50. The summed E-state index contributed by atoms with van der Waals surface area (Å²) in [6.07, 6.45) is 2.91. The van der Waals surface area contributed by atoms with E-state index >= 15 is 0 Å². The van der Waals surface area contributed by atoms with E-state index in [4.69, 9.17) is 16.3 Å². The maximum Gasteiger partial charge on any atom is 0.0550 e. The molecule has 2 saturated heterocycles. The Hall–Kier alpha value is -0.610. The van der Waals surface area contributed by atoms with Crippen molar-refractivity contribution in [2.45, 2.75) is 32.4 Å². The number of hydrogen-bond acceptors (Lipinski definition) is 3. The molecule has 0 aliphatic carbocycles. The summed E-state index contributed by atoms with van der Waals surface area (Å²) in [5.41, 5.74) is 1.36. The molecule has 3 nitrogen and oxygen atoms in total. The van der Waals surface area contributed by atoms with Crippen LogP contribution in [0.2, 0.25) is 5.02 Å². The summed E-state index contributed by atoms with van der Waals surface area (Å²) in [5, 5.41) is 0.819. The van der Waals surface area contributed by atoms with E-state index in [-0.39, 0.29) is 0 Å². The fourth-order valence-electron chi connectivity index (χ4n) is 3.60. The zero-order valence-electron chi connectivity index (χ0n) is 13.5. The molecule has 0 bridgehead atoms. The van der Waals surface area contributed by atoms with Gasteiger partial charge in [0.1, 0.15) is 0 Å². The van der Waals surface area contributed by atoms with Crippen LogP contribution in [0.5, 0.6) is 0 Å². The molecule has 2 aliphatic rings. The molecule has 0 amide bonds. The van der Waals surface area contributed by atoms with Gasteiger partial charge >= 0.3 is 0 Å². The minimum atomic E-state index is 0.449. The average molecular weight is 323 g/mol. The Bertz CT molecular complexity index is 457. The van der Waals surface area contributed by atoms with E-state index in [1.54, 1.807) is 0 Å². The van der Waals surface area contributed by atoms with Gasteiger partial charge in [-0.1, -0.05) is 23.7 Å². The fraction of sp³-hybridized carbons (Fsp3) is 0.667. The Kier molecular flexibility index (Phi) is 5.75. The summed E-state index contributed by atoms with van der Waals surface area (Å²) in [7, 11) is 0. The molecule has 122 valence electrons. The molecule has 2 aliphatic heterocycles. The predicted molar refractivity (Wildman–Crippen MR) is 91.3 cm³/mol. The van der Waals surface area contributed by atoms with Gasteiger partial charge in [-0.15, -0.1) is 0 Å². The van der Waals surface area contributed by atoms with Crippen molar-refractivity contribution < 1.29 is 4.74 Å². The SMILES string of the molecule is C[C@@H]1C[C@H](CN2CCN(Cc3ccc(Cl)cc3)CC2)CCO1. The van der Waals surface area contributed by atoms with Gasteiger partial charge in [-0.3, -0.25) is 4.90 Å². The molecule has 2 fully saturated rings. The number of halogens is 1. The van der Waals surface area contributed by atoms with E-state index in [1.165, 1.54) is 51.1 Å². The Balaban J connectivity index is 1.41. The molecule has 0 aromatic heterocycles. The molecular weight excluding hydrogens is 296 g/mol. The second-order valence-electron chi connectivity index (χ2n) is 6.78. The molecule has 1 aromatic carbocycles. The number of benzene rings is 1. The third-order valence-corrected chi connectivity index (χ3v) is 5.15. The highest BCUT2D eigenvalue weighted by molar-refractivity contribution is 6.30. The van der Waals surface area contributed by atoms with Crippen LogP contribution in [-0.4, -0.2) is 55.2 Å². The highest BCUT2D eigenvalue weighted by Gasteiger charge is 2.24. The van der Waals surface area contributed by atoms with Gasteiger partial charge in [0.25, 0.3) is 0 Å². The normalized spacial score (nSPS) is 27.9. The molecule has 2 heterocycles. The Morgan fingerprint density at radius 1 is 1.09 bits per heavy atom. The van der Waals surface area contributed by atoms with E-state index in [2.05, 4.69) is 28.9 Å². The summed E-state index contributed by atoms with van der Waals surface area (Å²) in [5.74, 6) is 0.826. The van der Waals surface area contributed by atoms with Crippen LogP contribution < -0.4 is 0 Å². The molecule has 2 atom stereocenters. The molecular formula is C18H27ClN2O. The van der Waals surface area contributed by atoms with E-state index < -0.39 is 0 Å². The number of ether oxygens (including phenoxy) is 1. The summed E-state index contributed by atoms with van der Waals surface area (Å²) in [6.45, 7) is 10.2. The van der Waals surface area contributed by atoms with Gasteiger partial charge in [0, 0.05) is 50.9 Å². The lowest BCUT2D eigenvalue weighted by atomic mass is 9.95. The lowest BCUT2D eigenvalue weighted by Crippen LogP contribution is -2.48. The fourth-order valence-corrected chi connectivity index (χ4v) is 3.73. The topological polar surface area (TPSA) is 15.7 Å². The Morgan fingerprint density at radius 2 is 1.77 bits per heavy atom. The van der Waals surface area contributed by atoms with Gasteiger partial charge < -0.3 is 9.64 Å². The van der Waals surface area contributed by atoms with Crippen LogP contribution in [0.15, 0.2) is 24.3 Å². The molecule has 0 saturated carbocycles. The van der Waals surface area contributed by atoms with Crippen LogP contribution in [-0.2, 0) is 11.3 Å². The average Bonchev–Trinajstić information content (AvgIpc) is 2.52. The molecule has 3 rings (SSSR count). The molecule has 0 N–H and O–H groups in total. The molecule has 22 heavy (non-hydrogen) atoms. The second kappa shape index (κ2) is 7.78. The number of nitrogens with zero attached hydrogens (tertiary/aromatic N) is 2. The largest absolute Gasteiger partial charge is 0.378 e. The molecule has 0 radical (unpaired) electrons. The molecule has 0 unspecified atom stereocenters. The number of piperazine rings is 1. The van der Waals surface area contributed by atoms with Crippen LogP contribution in [0.4, 0.5) is 0 Å². The summed E-state index contributed by atoms with van der Waals surface area (Å²) in [4.78, 5) is 5.19. The predicted octanol–water partition coefficient (Wildman–Crippen LogP) is 3.27. The van der Waals surface area contributed by atoms with Crippen molar-refractivity contribution in [3.8, 4) is 0 Å². The molecule has 0 spiro atoms. The van der Waals surface area contributed by atoms with Crippen molar-refractivity contribution in [2.75, 3.05) is 39.3 Å². The standard InChI is InChI=1S/C18H27ClN2O/c1-15-12-17(6-11-22-15)14-21-9-7-20(8-10-21)13-16-2-4-18(19)5-3-16/h2-5,15,17H,6-14H2,1H3/t15-,17-/m1/s1. The smallest absolute Gasteiger partial charge is 0.0550 e. The summed E-state index contributed by atoms with van der Waals surface area (Å²) >= 11 is 5.95. The van der Waals surface area contributed by atoms with Gasteiger partial charge in [-0.2, -0.15) is 0 Å². The maximum atomic E-state index is 5.95. The lowest BCUT2D eigenvalue weighted by molar-refractivity contribution is -0.00958. The zero-order valence-corrected chi connectivity index (χ0v) is 14.3. The van der Waals surface area contributed by atoms with Crippen molar-refractivity contribution >= 4 is 11.6 Å². The maximum absolute atomic E-state index is 5.95. The van der Waals surface area contributed by atoms with E-state index in [0.29, 0.717) is 6.10 Å². The zero-order chi connectivity index (χ0) is 15.4. The summed E-state index contributed by atoms with van der Waals surface area (Å²) in [6, 6.07) is 8.25. The Morgan fingerprint density at radius 3 is 2.45 bits per heavy atom. The van der Waals surface area contributed by atoms with E-state index in [0.717, 1.165) is 24.1 Å². The quantitative estimate of drug-likeness (QED) is 0.846. The van der Waals surface area contributed by atoms with E-state index in [9.17, 15) is 0 Å². The lowest BCUT2D eigenvalue weighted by Gasteiger charge is -2.38. The van der Waals surface area contributed by atoms with Gasteiger partial charge in [0.05, 0.1) is 6.10 Å². The van der Waals surface area contributed by atoms with Gasteiger partial charge in [-0.05, 0) is 43.4 Å². The number of hydrogen-bond donors (Lipinski definition) is 0. The van der Waals surface area contributed by atoms with E-state index in [1.807, 2.05) is 12.1 Å². The summed E-state index contributed by atoms with van der Waals surface area (Å²) < 4.78 is 5.65. The third-order valence-electron chi connectivity index (χ3n) is 4.89. The van der Waals surface area contributed by atoms with Crippen LogP contribution in [0.3, 0.4) is 0 Å². The first-order valence-corrected chi connectivity index (χ1v) is 8.87. The highest BCUT2D eigenvalue weighted by atomic mass is 35.5.